The lowest BCUT2D eigenvalue weighted by atomic mass is 9.90. The molecule has 1 saturated heterocycles. The van der Waals surface area contributed by atoms with Crippen molar-refractivity contribution in [1.82, 2.24) is 24.6 Å². The number of likely N-dealkylation sites (tertiary alicyclic amines) is 1. The topological polar surface area (TPSA) is 83.1 Å². The van der Waals surface area contributed by atoms with Gasteiger partial charge in [0.25, 0.3) is 0 Å². The average Bonchev–Trinajstić information content (AvgIpc) is 3.36. The Morgan fingerprint density at radius 1 is 1.28 bits per heavy atom. The summed E-state index contributed by atoms with van der Waals surface area (Å²) in [4.78, 5) is 6.65. The fourth-order valence-electron chi connectivity index (χ4n) is 3.52. The fraction of sp³-hybridized carbons (Fsp3) is 0.444. The fourth-order valence-corrected chi connectivity index (χ4v) is 3.52. The molecular weight excluding hydrogens is 318 g/mol. The number of aliphatic hydroxyl groups is 1. The predicted octanol–water partition coefficient (Wildman–Crippen LogP) is 2.35. The molecule has 4 heterocycles. The average molecular weight is 341 g/mol. The molecule has 0 spiro atoms. The van der Waals surface area contributed by atoms with Crippen molar-refractivity contribution in [3.05, 3.63) is 48.4 Å². The maximum Gasteiger partial charge on any atom is 0.152 e. The molecule has 1 aliphatic heterocycles. The van der Waals surface area contributed by atoms with Gasteiger partial charge in [-0.2, -0.15) is 5.10 Å². The summed E-state index contributed by atoms with van der Waals surface area (Å²) in [5, 5.41) is 17.4. The summed E-state index contributed by atoms with van der Waals surface area (Å²) in [7, 11) is 1.93. The second-order valence-corrected chi connectivity index (χ2v) is 6.69. The first-order valence-corrected chi connectivity index (χ1v) is 8.67. The first kappa shape index (κ1) is 16.1. The summed E-state index contributed by atoms with van der Waals surface area (Å²) < 4.78 is 7.80. The highest BCUT2D eigenvalue weighted by Gasteiger charge is 2.28. The lowest BCUT2D eigenvalue weighted by Crippen LogP contribution is -2.35. The van der Waals surface area contributed by atoms with Crippen molar-refractivity contribution in [2.75, 3.05) is 13.1 Å². The molecule has 0 saturated carbocycles. The van der Waals surface area contributed by atoms with Gasteiger partial charge >= 0.3 is 0 Å². The highest BCUT2D eigenvalue weighted by atomic mass is 16.3. The normalized spacial score (nSPS) is 17.8. The molecule has 1 atom stereocenters. The second kappa shape index (κ2) is 6.85. The number of nitrogens with one attached hydrogen (secondary N) is 1. The summed E-state index contributed by atoms with van der Waals surface area (Å²) in [6.07, 6.45) is 6.76. The van der Waals surface area contributed by atoms with Gasteiger partial charge in [-0.3, -0.25) is 10.00 Å². The summed E-state index contributed by atoms with van der Waals surface area (Å²) in [6.45, 7) is 2.69. The van der Waals surface area contributed by atoms with Gasteiger partial charge in [-0.25, -0.2) is 4.98 Å². The maximum atomic E-state index is 10.6. The number of aliphatic hydroxyl groups excluding tert-OH is 1. The minimum atomic E-state index is -0.488. The number of nitrogens with zero attached hydrogens (tertiary/aromatic N) is 4. The van der Waals surface area contributed by atoms with E-state index in [2.05, 4.69) is 20.1 Å². The van der Waals surface area contributed by atoms with Gasteiger partial charge in [-0.05, 0) is 50.0 Å². The summed E-state index contributed by atoms with van der Waals surface area (Å²) in [5.74, 6) is 2.78. The molecule has 7 heteroatoms. The first-order valence-electron chi connectivity index (χ1n) is 8.67. The van der Waals surface area contributed by atoms with Crippen molar-refractivity contribution in [3.8, 4) is 11.5 Å². The van der Waals surface area contributed by atoms with Crippen LogP contribution in [0.4, 0.5) is 0 Å². The lowest BCUT2D eigenvalue weighted by Gasteiger charge is -2.33. The number of imidazole rings is 1. The van der Waals surface area contributed by atoms with Crippen LogP contribution in [-0.2, 0) is 13.6 Å². The molecular formula is C18H23N5O2. The Morgan fingerprint density at radius 3 is 2.80 bits per heavy atom. The van der Waals surface area contributed by atoms with E-state index in [1.807, 2.05) is 36.0 Å². The van der Waals surface area contributed by atoms with Crippen LogP contribution in [0.3, 0.4) is 0 Å². The molecule has 7 nitrogen and oxygen atoms in total. The number of rotatable bonds is 5. The van der Waals surface area contributed by atoms with E-state index in [9.17, 15) is 5.11 Å². The molecule has 0 aromatic carbocycles. The lowest BCUT2D eigenvalue weighted by molar-refractivity contribution is 0.0476. The molecule has 1 aliphatic rings. The second-order valence-electron chi connectivity index (χ2n) is 6.69. The zero-order valence-electron chi connectivity index (χ0n) is 14.3. The predicted molar refractivity (Wildman–Crippen MR) is 92.5 cm³/mol. The van der Waals surface area contributed by atoms with Crippen LogP contribution in [0.1, 0.15) is 30.5 Å². The highest BCUT2D eigenvalue weighted by Crippen LogP contribution is 2.30. The van der Waals surface area contributed by atoms with E-state index >= 15 is 0 Å². The molecule has 3 aromatic rings. The molecule has 25 heavy (non-hydrogen) atoms. The largest absolute Gasteiger partial charge is 0.458 e. The van der Waals surface area contributed by atoms with Crippen molar-refractivity contribution in [2.24, 2.45) is 13.0 Å². The standard InChI is InChI=1S/C18H23N5O2/c1-22-11-8-19-18(22)17(24)13-5-9-23(10-6-13)12-14-2-3-16(25-14)15-4-7-20-21-15/h2-4,7-8,11,13,17,24H,5-6,9-10,12H2,1H3,(H,20,21). The van der Waals surface area contributed by atoms with E-state index in [4.69, 9.17) is 4.42 Å². The van der Waals surface area contributed by atoms with Gasteiger partial charge in [0, 0.05) is 25.6 Å². The number of hydrogen-bond acceptors (Lipinski definition) is 5. The van der Waals surface area contributed by atoms with Crippen molar-refractivity contribution in [2.45, 2.75) is 25.5 Å². The molecule has 0 bridgehead atoms. The number of hydrogen-bond donors (Lipinski definition) is 2. The van der Waals surface area contributed by atoms with Crippen LogP contribution in [0.5, 0.6) is 0 Å². The smallest absolute Gasteiger partial charge is 0.152 e. The van der Waals surface area contributed by atoms with Crippen molar-refractivity contribution in [3.63, 3.8) is 0 Å². The molecule has 132 valence electrons. The van der Waals surface area contributed by atoms with Gasteiger partial charge in [0.05, 0.1) is 6.54 Å². The van der Waals surface area contributed by atoms with Crippen LogP contribution < -0.4 is 0 Å². The minimum Gasteiger partial charge on any atom is -0.458 e. The van der Waals surface area contributed by atoms with Crippen molar-refractivity contribution < 1.29 is 9.52 Å². The number of aromatic nitrogens is 4. The Balaban J connectivity index is 1.33. The highest BCUT2D eigenvalue weighted by molar-refractivity contribution is 5.51. The van der Waals surface area contributed by atoms with E-state index in [-0.39, 0.29) is 5.92 Å². The number of H-pyrrole nitrogens is 1. The van der Waals surface area contributed by atoms with Gasteiger partial charge in [0.15, 0.2) is 5.76 Å². The van der Waals surface area contributed by atoms with Crippen LogP contribution in [0.2, 0.25) is 0 Å². The third-order valence-electron chi connectivity index (χ3n) is 5.01. The van der Waals surface area contributed by atoms with Crippen LogP contribution in [0.15, 0.2) is 41.2 Å². The van der Waals surface area contributed by atoms with Crippen LogP contribution >= 0.6 is 0 Å². The van der Waals surface area contributed by atoms with Crippen molar-refractivity contribution in [1.29, 1.82) is 0 Å². The van der Waals surface area contributed by atoms with E-state index in [1.165, 1.54) is 0 Å². The molecule has 1 fully saturated rings. The maximum absolute atomic E-state index is 10.6. The van der Waals surface area contributed by atoms with Gasteiger partial charge in [-0.15, -0.1) is 0 Å². The Hall–Kier alpha value is -2.38. The number of piperidine rings is 1. The Labute approximate surface area is 146 Å². The molecule has 0 amide bonds. The Kier molecular flexibility index (Phi) is 4.42. The molecule has 4 rings (SSSR count). The SMILES string of the molecule is Cn1ccnc1C(O)C1CCN(Cc2ccc(-c3ccn[nH]3)o2)CC1. The van der Waals surface area contributed by atoms with Crippen LogP contribution in [0.25, 0.3) is 11.5 Å². The third kappa shape index (κ3) is 3.38. The summed E-state index contributed by atoms with van der Waals surface area (Å²) in [5.41, 5.74) is 0.892. The van der Waals surface area contributed by atoms with E-state index in [0.717, 1.165) is 55.5 Å². The van der Waals surface area contributed by atoms with Gasteiger partial charge in [-0.1, -0.05) is 0 Å². The molecule has 0 radical (unpaired) electrons. The molecule has 2 N–H and O–H groups in total. The molecule has 3 aromatic heterocycles. The van der Waals surface area contributed by atoms with Gasteiger partial charge < -0.3 is 14.1 Å². The molecule has 1 unspecified atom stereocenters. The summed E-state index contributed by atoms with van der Waals surface area (Å²) >= 11 is 0. The van der Waals surface area contributed by atoms with Crippen LogP contribution in [-0.4, -0.2) is 42.8 Å². The Morgan fingerprint density at radius 2 is 2.12 bits per heavy atom. The molecule has 0 aliphatic carbocycles. The summed E-state index contributed by atoms with van der Waals surface area (Å²) in [6, 6.07) is 5.89. The van der Waals surface area contributed by atoms with E-state index in [0.29, 0.717) is 0 Å². The van der Waals surface area contributed by atoms with Gasteiger partial charge in [0.2, 0.25) is 0 Å². The van der Waals surface area contributed by atoms with E-state index < -0.39 is 6.10 Å². The van der Waals surface area contributed by atoms with Gasteiger partial charge in [0.1, 0.15) is 23.4 Å². The van der Waals surface area contributed by atoms with Crippen LogP contribution in [0, 0.1) is 5.92 Å². The first-order chi connectivity index (χ1) is 12.2. The zero-order valence-corrected chi connectivity index (χ0v) is 14.3. The zero-order chi connectivity index (χ0) is 17.2. The number of aromatic amines is 1. The number of aryl methyl sites for hydroxylation is 1. The van der Waals surface area contributed by atoms with Crippen molar-refractivity contribution >= 4 is 0 Å². The van der Waals surface area contributed by atoms with E-state index in [1.54, 1.807) is 12.4 Å². The number of furan rings is 1. The quantitative estimate of drug-likeness (QED) is 0.744. The Bertz CT molecular complexity index is 799. The minimum absolute atomic E-state index is 0.259. The third-order valence-corrected chi connectivity index (χ3v) is 5.01. The monoisotopic (exact) mass is 341 g/mol.